The molecule has 0 atom stereocenters. The summed E-state index contributed by atoms with van der Waals surface area (Å²) in [6, 6.07) is 38.6. The fraction of sp³-hybridized carbons (Fsp3) is 0.358. The number of nitrogens with two attached hydrogens (primary N) is 3. The Bertz CT molecular complexity index is 5290. The van der Waals surface area contributed by atoms with Crippen molar-refractivity contribution in [2.75, 3.05) is 71.7 Å². The molecule has 2 aliphatic heterocycles. The van der Waals surface area contributed by atoms with Crippen molar-refractivity contribution in [2.45, 2.75) is 111 Å². The topological polar surface area (TPSA) is 604 Å². The first-order valence-corrected chi connectivity index (χ1v) is 45.2. The van der Waals surface area contributed by atoms with Gasteiger partial charge >= 0.3 is 34.0 Å². The van der Waals surface area contributed by atoms with Crippen molar-refractivity contribution in [3.63, 3.8) is 0 Å². The molecule has 0 fully saturated rings. The molecular weight excluding hydrogens is 2280 g/mol. The Balaban J connectivity index is -0.00000138. The van der Waals surface area contributed by atoms with Crippen molar-refractivity contribution in [1.29, 1.82) is 0 Å². The first kappa shape index (κ1) is 115. The zero-order chi connectivity index (χ0) is 88.7. The van der Waals surface area contributed by atoms with Crippen LogP contribution in [0.2, 0.25) is 0 Å². The number of H-pyrrole nitrogens is 1. The second-order valence-corrected chi connectivity index (χ2v) is 34.1. The Morgan fingerprint density at radius 3 is 1.17 bits per heavy atom. The minimum Gasteiger partial charge on any atom is -0.396 e. The van der Waals surface area contributed by atoms with Crippen LogP contribution in [0.4, 0.5) is 57.4 Å². The van der Waals surface area contributed by atoms with Gasteiger partial charge in [0.2, 0.25) is 44.9 Å². The number of hydrogen-bond donors (Lipinski definition) is 10. The Labute approximate surface area is 796 Å². The van der Waals surface area contributed by atoms with Crippen molar-refractivity contribution in [2.24, 2.45) is 5.73 Å². The number of aliphatic hydroxyl groups excluding tert-OH is 3. The number of nitrogen functional groups attached to an aromatic ring is 2. The van der Waals surface area contributed by atoms with Crippen molar-refractivity contribution in [3.05, 3.63) is 250 Å². The Morgan fingerprint density at radius 2 is 0.854 bits per heavy atom. The second kappa shape index (κ2) is 59.3. The molecule has 0 bridgehead atoms. The van der Waals surface area contributed by atoms with Gasteiger partial charge < -0.3 is 55.9 Å². The minimum absolute atomic E-state index is 0. The van der Waals surface area contributed by atoms with Gasteiger partial charge in [0, 0.05) is 131 Å². The largest absolute Gasteiger partial charge is 0.396 e. The monoisotopic (exact) mass is 2370 g/mol. The number of rotatable bonds is 28. The van der Waals surface area contributed by atoms with E-state index in [1.807, 2.05) is 121 Å². The van der Waals surface area contributed by atoms with Crippen molar-refractivity contribution < 1.29 is 84.2 Å². The summed E-state index contributed by atoms with van der Waals surface area (Å²) in [5, 5.41) is 108. The molecule has 688 valence electrons. The normalized spacial score (nSPS) is 11.0. The number of aryl methyl sites for hydroxylation is 3. The average Bonchev–Trinajstić information content (AvgIpc) is 1.62. The molecule has 10 aromatic rings. The first-order valence-electron chi connectivity index (χ1n) is 34.8. The van der Waals surface area contributed by atoms with E-state index in [-0.39, 0.29) is 150 Å². The molecule has 123 heavy (non-hydrogen) atoms. The van der Waals surface area contributed by atoms with E-state index in [1.165, 1.54) is 24.3 Å². The molecule has 0 radical (unpaired) electrons. The third kappa shape index (κ3) is 39.0. The van der Waals surface area contributed by atoms with Crippen molar-refractivity contribution >= 4 is 224 Å². The fourth-order valence-corrected chi connectivity index (χ4v) is 14.3. The maximum absolute atomic E-state index is 12.0. The summed E-state index contributed by atoms with van der Waals surface area (Å²) in [5.74, 6) is 1.30. The number of nitro groups is 5. The molecule has 6 aromatic heterocycles. The van der Waals surface area contributed by atoms with Crippen LogP contribution in [0, 0.1) is 58.0 Å². The molecule has 43 nitrogen and oxygen atoms in total. The van der Waals surface area contributed by atoms with E-state index < -0.39 is 49.3 Å². The fourth-order valence-electron chi connectivity index (χ4n) is 10.1. The number of anilines is 5. The van der Waals surface area contributed by atoms with E-state index in [0.29, 0.717) is 100 Å². The number of aromatic amines is 1. The number of nitrogens with zero attached hydrogens (tertiary/aromatic N) is 16. The maximum atomic E-state index is 12.0. The summed E-state index contributed by atoms with van der Waals surface area (Å²) >= 11 is 21.3. The Kier molecular flexibility index (Phi) is 55.6. The van der Waals surface area contributed by atoms with Gasteiger partial charge in [-0.3, -0.25) is 83.5 Å². The van der Waals surface area contributed by atoms with Gasteiger partial charge in [0.15, 0.2) is 9.21 Å². The van der Waals surface area contributed by atoms with Crippen LogP contribution in [0.3, 0.4) is 0 Å². The Hall–Kier alpha value is -7.67. The van der Waals surface area contributed by atoms with Crippen LogP contribution in [-0.4, -0.2) is 159 Å². The standard InChI is InChI=1S/C14H17BrN4O5S.C13H15BrN4O3.C13H14N4O3.C7H9N.C6H7Br2N3O3.C6H10N4O.C3HBr2N3O2.C3H7BrO.CH3ClO2S.CH3.2ClH.Pd.2H2/c1-25(22,23)24-9-5-8-18-14(12(19(20)21)13(15)17-18)16-10-11-6-3-2-4-7-11;14-12-11(18(20)21)13(17(16-12)7-4-8-19)15-9-10-5-2-1-3-6-10;18-13-11(17(19)20)12(15-7-4-8-16(13)15)14-9-10-5-2-1-3-6-10;8-6-7-4-2-1-3-5-7;7-5-4(11(13)14)6(8)10(9-5)2-1-3-12;7-4-5(8)9-2-1-3-10(9)6(4)11;4-2-1(8(9)10)3(5)7-6-2;4-2-1-3-5;1-5(2,3)4;;;;;;/h2-4,6-7,16H,5,8-10H2,1H3;1-3,5-6,15,19H,4,7-9H2;1-3,5-6,14H,4,7-9H2;1-5H,6,8H2;12H,1-3H2;1-3,7-8H2;(H,6,7);5H,1-3H2;1H3;1H3;2*1H;;2*1H/q;;;;;;;;;-1;;;;;/i;;;;;;;;;;;;;2*1+1. The molecule has 0 spiro atoms. The SMILES string of the molecule is CS(=O)(=O)Cl.CS(=O)(=O)OCCCn1nc(Br)c([N+](=O)[O-])c1NCc1ccccc1.Cl.Cl.NCc1ccccc1.Nc1c(N)n2n(c1=O)CCC2.O=[N+]([O-])c1c(Br)n[nH]c1Br.O=[N+]([O-])c1c(Br)nn(CCCO)c1Br.O=[N+]([O-])c1c(Br)nn(CCCO)c1NCc1ccccc1.O=c1c([N+](=O)[O-])c(NCc2ccccc2)n2n1CCC2.OCCCBr.[2HH].[2HH].[CH3-].[Pd]. The maximum Gasteiger partial charge on any atom is 0.376 e. The summed E-state index contributed by atoms with van der Waals surface area (Å²) in [4.78, 5) is 74.9. The molecule has 0 saturated heterocycles. The zero-order valence-corrected chi connectivity index (χ0v) is 81.9. The van der Waals surface area contributed by atoms with Gasteiger partial charge in [-0.1, -0.05) is 137 Å². The number of aromatic nitrogens is 12. The van der Waals surface area contributed by atoms with Crippen molar-refractivity contribution in [3.8, 4) is 0 Å². The van der Waals surface area contributed by atoms with E-state index in [1.54, 1.807) is 14.0 Å². The van der Waals surface area contributed by atoms with Gasteiger partial charge in [0.1, 0.15) is 11.5 Å². The molecule has 8 heterocycles. The van der Waals surface area contributed by atoms with E-state index in [9.17, 15) is 77.0 Å². The van der Waals surface area contributed by atoms with Gasteiger partial charge in [0.05, 0.1) is 43.7 Å². The summed E-state index contributed by atoms with van der Waals surface area (Å²) < 4.78 is 57.4. The number of benzene rings is 4. The number of nitrogens with one attached hydrogen (secondary N) is 4. The first-order chi connectivity index (χ1) is 56.4. The molecule has 2 aliphatic rings. The van der Waals surface area contributed by atoms with E-state index in [2.05, 4.69) is 168 Å². The van der Waals surface area contributed by atoms with Crippen LogP contribution in [0.25, 0.3) is 0 Å². The number of fused-ring (bicyclic) bond motifs is 2. The van der Waals surface area contributed by atoms with Crippen LogP contribution >= 0.6 is 147 Å². The predicted octanol–water partition coefficient (Wildman–Crippen LogP) is 13.3. The third-order valence-corrected chi connectivity index (χ3v) is 20.0. The van der Waals surface area contributed by atoms with Crippen LogP contribution in [0.1, 0.15) is 63.6 Å². The molecule has 56 heteroatoms. The number of alkyl halides is 1. The molecule has 0 aliphatic carbocycles. The number of hydrogen-bond acceptors (Lipinski definition) is 30. The molecule has 0 saturated carbocycles. The number of halogens is 10. The minimum atomic E-state index is -3.51. The van der Waals surface area contributed by atoms with Crippen molar-refractivity contribution in [1.82, 2.24) is 58.3 Å². The second-order valence-electron chi connectivity index (χ2n) is 24.0. The predicted molar refractivity (Wildman–Crippen MR) is 496 cm³/mol. The van der Waals surface area contributed by atoms with E-state index in [4.69, 9.17) is 32.5 Å². The van der Waals surface area contributed by atoms with Crippen LogP contribution < -0.4 is 44.3 Å². The third-order valence-electron chi connectivity index (χ3n) is 15.3. The Morgan fingerprint density at radius 1 is 0.512 bits per heavy atom. The van der Waals surface area contributed by atoms with Crippen LogP contribution in [-0.2, 0) is 116 Å². The zero-order valence-electron chi connectivity index (χ0n) is 65.2. The van der Waals surface area contributed by atoms with E-state index >= 15 is 0 Å². The van der Waals surface area contributed by atoms with Gasteiger partial charge in [-0.05, 0) is 156 Å². The molecule has 13 N–H and O–H groups in total. The summed E-state index contributed by atoms with van der Waals surface area (Å²) in [6.07, 6.45) is 5.87. The molecule has 0 amide bonds. The number of aliphatic hydroxyl groups is 3. The van der Waals surface area contributed by atoms with Crippen LogP contribution in [0.15, 0.2) is 159 Å². The van der Waals surface area contributed by atoms with E-state index in [0.717, 1.165) is 66.9 Å². The quantitative estimate of drug-likeness (QED) is 0.00318. The molecule has 0 unspecified atom stereocenters. The average molecular weight is 2380 g/mol. The molecule has 4 aromatic carbocycles. The van der Waals surface area contributed by atoms with Gasteiger partial charge in [-0.25, -0.2) is 27.1 Å². The molecular formula is C67H92Br7Cl3N23O20PdS2-. The van der Waals surface area contributed by atoms with Crippen LogP contribution in [0.5, 0.6) is 0 Å². The summed E-state index contributed by atoms with van der Waals surface area (Å²) in [5.41, 5.74) is 19.2. The smallest absolute Gasteiger partial charge is 0.376 e. The summed E-state index contributed by atoms with van der Waals surface area (Å²) in [6.45, 7) is 6.03. The van der Waals surface area contributed by atoms with Gasteiger partial charge in [-0.15, -0.1) is 24.8 Å². The molecule has 12 rings (SSSR count). The summed E-state index contributed by atoms with van der Waals surface area (Å²) in [7, 11) is -2.21. The van der Waals surface area contributed by atoms with Gasteiger partial charge in [-0.2, -0.15) is 28.8 Å². The van der Waals surface area contributed by atoms with Gasteiger partial charge in [0.25, 0.3) is 15.7 Å².